The molecule has 1 aromatic carbocycles. The van der Waals surface area contributed by atoms with E-state index >= 15 is 0 Å². The molecule has 0 aromatic heterocycles. The van der Waals surface area contributed by atoms with Gasteiger partial charge in [-0.2, -0.15) is 8.78 Å². The minimum absolute atomic E-state index is 0.306. The van der Waals surface area contributed by atoms with E-state index in [-0.39, 0.29) is 5.75 Å². The summed E-state index contributed by atoms with van der Waals surface area (Å²) in [6, 6.07) is 7.84. The van der Waals surface area contributed by atoms with Gasteiger partial charge < -0.3 is 0 Å². The van der Waals surface area contributed by atoms with Crippen LogP contribution in [0.25, 0.3) is 0 Å². The molecule has 1 nitrogen and oxygen atoms in total. The van der Waals surface area contributed by atoms with Crippen molar-refractivity contribution in [1.29, 1.82) is 0 Å². The maximum atomic E-state index is 13.2. The molecular formula is C13H12F6OS. The largest absolute Gasteiger partial charge is 0.314 e. The maximum absolute atomic E-state index is 13.2. The van der Waals surface area contributed by atoms with Crippen molar-refractivity contribution in [3.8, 4) is 0 Å². The summed E-state index contributed by atoms with van der Waals surface area (Å²) in [6.45, 7) is 0. The summed E-state index contributed by atoms with van der Waals surface area (Å²) in [6.07, 6.45) is -11.8. The number of thioether (sulfide) groups is 1. The molecule has 8 heteroatoms. The number of carbonyl (C=O) groups is 1. The van der Waals surface area contributed by atoms with E-state index in [1.54, 1.807) is 18.2 Å². The number of hydrogen-bond acceptors (Lipinski definition) is 2. The average Bonchev–Trinajstić information content (AvgIpc) is 2.46. The SMILES string of the molecule is O=C(SCCC(F)C(F)(F)C(F)C(F)F)c1ccccc1. The first-order valence-electron chi connectivity index (χ1n) is 5.93. The Labute approximate surface area is 121 Å². The van der Waals surface area contributed by atoms with Crippen molar-refractivity contribution in [2.24, 2.45) is 0 Å². The Morgan fingerprint density at radius 2 is 1.67 bits per heavy atom. The van der Waals surface area contributed by atoms with Crippen LogP contribution in [0.15, 0.2) is 30.3 Å². The number of benzene rings is 1. The molecule has 21 heavy (non-hydrogen) atoms. The van der Waals surface area contributed by atoms with Gasteiger partial charge in [0.15, 0.2) is 6.17 Å². The molecule has 0 bridgehead atoms. The van der Waals surface area contributed by atoms with Crippen LogP contribution in [-0.4, -0.2) is 35.6 Å². The number of hydrogen-bond donors (Lipinski definition) is 0. The second kappa shape index (κ2) is 7.72. The second-order valence-corrected chi connectivity index (χ2v) is 5.24. The van der Waals surface area contributed by atoms with Crippen LogP contribution >= 0.6 is 11.8 Å². The van der Waals surface area contributed by atoms with E-state index in [2.05, 4.69) is 0 Å². The molecule has 1 rings (SSSR count). The fourth-order valence-electron chi connectivity index (χ4n) is 1.45. The van der Waals surface area contributed by atoms with Crippen LogP contribution in [-0.2, 0) is 0 Å². The van der Waals surface area contributed by atoms with E-state index in [4.69, 9.17) is 0 Å². The zero-order chi connectivity index (χ0) is 16.0. The van der Waals surface area contributed by atoms with Gasteiger partial charge in [0, 0.05) is 11.3 Å². The molecule has 0 saturated heterocycles. The highest BCUT2D eigenvalue weighted by molar-refractivity contribution is 8.14. The van der Waals surface area contributed by atoms with Gasteiger partial charge in [0.2, 0.25) is 11.3 Å². The zero-order valence-electron chi connectivity index (χ0n) is 10.6. The van der Waals surface area contributed by atoms with Crippen molar-refractivity contribution < 1.29 is 31.1 Å². The van der Waals surface area contributed by atoms with E-state index in [1.165, 1.54) is 12.1 Å². The topological polar surface area (TPSA) is 17.1 Å². The fraction of sp³-hybridized carbons (Fsp3) is 0.462. The lowest BCUT2D eigenvalue weighted by Gasteiger charge is -2.23. The molecule has 0 aliphatic heterocycles. The van der Waals surface area contributed by atoms with E-state index in [1.807, 2.05) is 0 Å². The quantitative estimate of drug-likeness (QED) is 0.684. The van der Waals surface area contributed by atoms with Gasteiger partial charge in [-0.15, -0.1) is 0 Å². The van der Waals surface area contributed by atoms with Crippen molar-refractivity contribution in [2.45, 2.75) is 31.1 Å². The fourth-order valence-corrected chi connectivity index (χ4v) is 2.26. The molecule has 0 N–H and O–H groups in total. The molecule has 0 aliphatic rings. The molecule has 0 aliphatic carbocycles. The van der Waals surface area contributed by atoms with Crippen LogP contribution in [0.5, 0.6) is 0 Å². The van der Waals surface area contributed by atoms with E-state index in [0.717, 1.165) is 0 Å². The Balaban J connectivity index is 2.47. The van der Waals surface area contributed by atoms with Gasteiger partial charge in [0.25, 0.3) is 6.43 Å². The van der Waals surface area contributed by atoms with Crippen molar-refractivity contribution in [3.63, 3.8) is 0 Å². The number of halogens is 6. The van der Waals surface area contributed by atoms with Gasteiger partial charge in [-0.3, -0.25) is 4.79 Å². The first-order valence-corrected chi connectivity index (χ1v) is 6.91. The molecule has 0 amide bonds. The summed E-state index contributed by atoms with van der Waals surface area (Å²) in [5.74, 6) is -5.13. The number of alkyl halides is 6. The van der Waals surface area contributed by atoms with Crippen LogP contribution in [0.3, 0.4) is 0 Å². The molecule has 118 valence electrons. The van der Waals surface area contributed by atoms with Crippen molar-refractivity contribution in [2.75, 3.05) is 5.75 Å². The van der Waals surface area contributed by atoms with Crippen LogP contribution < -0.4 is 0 Å². The molecule has 0 radical (unpaired) electrons. The lowest BCUT2D eigenvalue weighted by molar-refractivity contribution is -0.166. The Bertz CT molecular complexity index is 453. The summed E-state index contributed by atoms with van der Waals surface area (Å²) in [5.41, 5.74) is 0.306. The normalized spacial score (nSPS) is 15.0. The highest BCUT2D eigenvalue weighted by Crippen LogP contribution is 2.34. The summed E-state index contributed by atoms with van der Waals surface area (Å²) in [4.78, 5) is 11.6. The third-order valence-corrected chi connectivity index (χ3v) is 3.56. The first-order chi connectivity index (χ1) is 9.76. The number of carbonyl (C=O) groups excluding carboxylic acids is 1. The minimum atomic E-state index is -4.77. The summed E-state index contributed by atoms with van der Waals surface area (Å²) < 4.78 is 75.5. The van der Waals surface area contributed by atoms with Crippen molar-refractivity contribution in [1.82, 2.24) is 0 Å². The Morgan fingerprint density at radius 1 is 1.10 bits per heavy atom. The van der Waals surface area contributed by atoms with Crippen LogP contribution in [0, 0.1) is 0 Å². The van der Waals surface area contributed by atoms with Gasteiger partial charge in [-0.25, -0.2) is 17.6 Å². The van der Waals surface area contributed by atoms with Crippen LogP contribution in [0.2, 0.25) is 0 Å². The second-order valence-electron chi connectivity index (χ2n) is 4.17. The molecule has 1 aromatic rings. The summed E-state index contributed by atoms with van der Waals surface area (Å²) >= 11 is 0.572. The molecule has 0 fully saturated rings. The van der Waals surface area contributed by atoms with Gasteiger partial charge in [-0.1, -0.05) is 42.1 Å². The molecule has 0 saturated carbocycles. The monoisotopic (exact) mass is 330 g/mol. The van der Waals surface area contributed by atoms with Crippen molar-refractivity contribution in [3.05, 3.63) is 35.9 Å². The highest BCUT2D eigenvalue weighted by Gasteiger charge is 2.52. The molecular weight excluding hydrogens is 318 g/mol. The summed E-state index contributed by atoms with van der Waals surface area (Å²) in [7, 11) is 0. The lowest BCUT2D eigenvalue weighted by Crippen LogP contribution is -2.44. The summed E-state index contributed by atoms with van der Waals surface area (Å²) in [5, 5.41) is -0.461. The Hall–Kier alpha value is -1.18. The van der Waals surface area contributed by atoms with Gasteiger partial charge in [-0.05, 0) is 6.42 Å². The lowest BCUT2D eigenvalue weighted by atomic mass is 10.1. The predicted molar refractivity (Wildman–Crippen MR) is 68.6 cm³/mol. The van der Waals surface area contributed by atoms with Gasteiger partial charge >= 0.3 is 5.92 Å². The number of rotatable bonds is 7. The predicted octanol–water partition coefficient (Wildman–Crippen LogP) is 4.53. The third-order valence-electron chi connectivity index (χ3n) is 2.62. The maximum Gasteiger partial charge on any atom is 0.314 e. The van der Waals surface area contributed by atoms with E-state index in [0.29, 0.717) is 17.3 Å². The van der Waals surface area contributed by atoms with Crippen LogP contribution in [0.1, 0.15) is 16.8 Å². The smallest absolute Gasteiger partial charge is 0.282 e. The highest BCUT2D eigenvalue weighted by atomic mass is 32.2. The first kappa shape index (κ1) is 17.9. The molecule has 2 unspecified atom stereocenters. The average molecular weight is 330 g/mol. The van der Waals surface area contributed by atoms with Crippen LogP contribution in [0.4, 0.5) is 26.3 Å². The third kappa shape index (κ3) is 4.94. The minimum Gasteiger partial charge on any atom is -0.282 e. The van der Waals surface area contributed by atoms with E-state index < -0.39 is 36.2 Å². The Morgan fingerprint density at radius 3 is 2.19 bits per heavy atom. The van der Waals surface area contributed by atoms with E-state index in [9.17, 15) is 31.1 Å². The molecule has 0 spiro atoms. The van der Waals surface area contributed by atoms with Gasteiger partial charge in [0.1, 0.15) is 0 Å². The van der Waals surface area contributed by atoms with Crippen molar-refractivity contribution >= 4 is 16.9 Å². The van der Waals surface area contributed by atoms with Gasteiger partial charge in [0.05, 0.1) is 0 Å². The molecule has 2 atom stereocenters. The molecule has 0 heterocycles. The zero-order valence-corrected chi connectivity index (χ0v) is 11.4. The Kier molecular flexibility index (Phi) is 6.57. The standard InChI is InChI=1S/C13H12F6OS/c14-9(13(18,19)10(15)11(16)17)6-7-21-12(20)8-4-2-1-3-5-8/h1-5,9-11H,6-7H2.